The summed E-state index contributed by atoms with van der Waals surface area (Å²) >= 11 is 0. The van der Waals surface area contributed by atoms with Gasteiger partial charge in [-0.1, -0.05) is 17.3 Å². The van der Waals surface area contributed by atoms with Gasteiger partial charge in [-0.15, -0.1) is 0 Å². The smallest absolute Gasteiger partial charge is 0.257 e. The molecule has 0 aliphatic carbocycles. The third-order valence-electron chi connectivity index (χ3n) is 3.68. The lowest BCUT2D eigenvalue weighted by Gasteiger charge is -1.99. The number of nitrogens with zero attached hydrogens (tertiary/aromatic N) is 3. The van der Waals surface area contributed by atoms with Crippen LogP contribution in [0.15, 0.2) is 41.1 Å². The van der Waals surface area contributed by atoms with Crippen molar-refractivity contribution in [1.29, 1.82) is 0 Å². The molecule has 6 heteroatoms. The SMILES string of the molecule is c1cc(-c2ccc(-c3nc([C@@H]4CCOC4)no3)cc2)[nH]n1. The van der Waals surface area contributed by atoms with Crippen molar-refractivity contribution >= 4 is 0 Å². The van der Waals surface area contributed by atoms with E-state index < -0.39 is 0 Å². The van der Waals surface area contributed by atoms with Crippen LogP contribution < -0.4 is 0 Å². The molecule has 21 heavy (non-hydrogen) atoms. The second-order valence-corrected chi connectivity index (χ2v) is 5.07. The molecule has 1 aromatic carbocycles. The number of rotatable bonds is 3. The van der Waals surface area contributed by atoms with Gasteiger partial charge in [-0.25, -0.2) is 0 Å². The van der Waals surface area contributed by atoms with E-state index in [2.05, 4.69) is 20.3 Å². The second-order valence-electron chi connectivity index (χ2n) is 5.07. The Kier molecular flexibility index (Phi) is 3.01. The molecule has 3 aromatic rings. The van der Waals surface area contributed by atoms with Gasteiger partial charge in [0.2, 0.25) is 0 Å². The van der Waals surface area contributed by atoms with E-state index in [4.69, 9.17) is 9.26 Å². The highest BCUT2D eigenvalue weighted by Crippen LogP contribution is 2.26. The molecule has 1 aliphatic heterocycles. The Balaban J connectivity index is 1.58. The molecule has 2 aromatic heterocycles. The third kappa shape index (κ3) is 2.34. The van der Waals surface area contributed by atoms with Gasteiger partial charge < -0.3 is 9.26 Å². The summed E-state index contributed by atoms with van der Waals surface area (Å²) < 4.78 is 10.7. The van der Waals surface area contributed by atoms with Crippen LogP contribution in [-0.4, -0.2) is 33.6 Å². The lowest BCUT2D eigenvalue weighted by molar-refractivity contribution is 0.192. The molecule has 0 radical (unpaired) electrons. The first-order chi connectivity index (χ1) is 10.4. The Morgan fingerprint density at radius 3 is 2.67 bits per heavy atom. The minimum Gasteiger partial charge on any atom is -0.381 e. The molecule has 3 heterocycles. The zero-order valence-electron chi connectivity index (χ0n) is 11.3. The number of H-pyrrole nitrogens is 1. The highest BCUT2D eigenvalue weighted by molar-refractivity contribution is 5.64. The Labute approximate surface area is 121 Å². The molecule has 0 bridgehead atoms. The van der Waals surface area contributed by atoms with Gasteiger partial charge in [-0.3, -0.25) is 5.10 Å². The van der Waals surface area contributed by atoms with Crippen LogP contribution >= 0.6 is 0 Å². The second kappa shape index (κ2) is 5.14. The van der Waals surface area contributed by atoms with Crippen LogP contribution in [0.2, 0.25) is 0 Å². The monoisotopic (exact) mass is 282 g/mol. The molecule has 0 spiro atoms. The summed E-state index contributed by atoms with van der Waals surface area (Å²) in [5.41, 5.74) is 2.96. The number of ether oxygens (including phenoxy) is 1. The highest BCUT2D eigenvalue weighted by atomic mass is 16.5. The van der Waals surface area contributed by atoms with E-state index in [1.165, 1.54) is 0 Å². The predicted octanol–water partition coefficient (Wildman–Crippen LogP) is 2.63. The maximum atomic E-state index is 5.36. The van der Waals surface area contributed by atoms with Gasteiger partial charge in [-0.05, 0) is 30.2 Å². The van der Waals surface area contributed by atoms with Gasteiger partial charge in [0.25, 0.3) is 5.89 Å². The van der Waals surface area contributed by atoms with E-state index in [9.17, 15) is 0 Å². The Morgan fingerprint density at radius 1 is 1.10 bits per heavy atom. The van der Waals surface area contributed by atoms with E-state index >= 15 is 0 Å². The molecular weight excluding hydrogens is 268 g/mol. The maximum absolute atomic E-state index is 5.36. The van der Waals surface area contributed by atoms with Crippen LogP contribution in [0, 0.1) is 0 Å². The number of aromatic amines is 1. The third-order valence-corrected chi connectivity index (χ3v) is 3.68. The van der Waals surface area contributed by atoms with E-state index in [0.717, 1.165) is 35.7 Å². The number of hydrogen-bond donors (Lipinski definition) is 1. The van der Waals surface area contributed by atoms with Crippen molar-refractivity contribution in [1.82, 2.24) is 20.3 Å². The van der Waals surface area contributed by atoms with Crippen LogP contribution in [0.3, 0.4) is 0 Å². The molecule has 1 fully saturated rings. The van der Waals surface area contributed by atoms with Crippen LogP contribution in [0.1, 0.15) is 18.2 Å². The van der Waals surface area contributed by atoms with Crippen molar-refractivity contribution in [3.63, 3.8) is 0 Å². The fraction of sp³-hybridized carbons (Fsp3) is 0.267. The van der Waals surface area contributed by atoms with Crippen LogP contribution in [0.25, 0.3) is 22.7 Å². The summed E-state index contributed by atoms with van der Waals surface area (Å²) in [5, 5.41) is 11.0. The standard InChI is InChI=1S/C15H14N4O2/c1-3-11(4-2-10(1)13-5-7-16-18-13)15-17-14(19-21-15)12-6-8-20-9-12/h1-5,7,12H,6,8-9H2,(H,16,18)/t12-/m1/s1. The predicted molar refractivity (Wildman–Crippen MR) is 75.5 cm³/mol. The lowest BCUT2D eigenvalue weighted by atomic mass is 10.1. The van der Waals surface area contributed by atoms with Crippen LogP contribution in [0.5, 0.6) is 0 Å². The fourth-order valence-electron chi connectivity index (χ4n) is 2.47. The van der Waals surface area contributed by atoms with Gasteiger partial charge in [-0.2, -0.15) is 10.1 Å². The normalized spacial score (nSPS) is 18.2. The number of hydrogen-bond acceptors (Lipinski definition) is 5. The molecule has 6 nitrogen and oxygen atoms in total. The van der Waals surface area contributed by atoms with E-state index in [1.807, 2.05) is 30.3 Å². The fourth-order valence-corrected chi connectivity index (χ4v) is 2.47. The Morgan fingerprint density at radius 2 is 1.95 bits per heavy atom. The largest absolute Gasteiger partial charge is 0.381 e. The average molecular weight is 282 g/mol. The zero-order valence-corrected chi connectivity index (χ0v) is 11.3. The van der Waals surface area contributed by atoms with Crippen LogP contribution in [0.4, 0.5) is 0 Å². The topological polar surface area (TPSA) is 76.8 Å². The van der Waals surface area contributed by atoms with Crippen molar-refractivity contribution in [2.45, 2.75) is 12.3 Å². The van der Waals surface area contributed by atoms with Crippen LogP contribution in [-0.2, 0) is 4.74 Å². The molecule has 0 saturated carbocycles. The summed E-state index contributed by atoms with van der Waals surface area (Å²) in [6.07, 6.45) is 2.69. The van der Waals surface area contributed by atoms with Crippen molar-refractivity contribution < 1.29 is 9.26 Å². The Hall–Kier alpha value is -2.47. The number of aromatic nitrogens is 4. The summed E-state index contributed by atoms with van der Waals surface area (Å²) in [6.45, 7) is 1.45. The van der Waals surface area contributed by atoms with Gasteiger partial charge >= 0.3 is 0 Å². The first-order valence-electron chi connectivity index (χ1n) is 6.92. The Bertz CT molecular complexity index is 712. The van der Waals surface area contributed by atoms with Crippen molar-refractivity contribution in [2.75, 3.05) is 13.2 Å². The molecule has 1 aliphatic rings. The molecule has 4 rings (SSSR count). The molecule has 106 valence electrons. The first kappa shape index (κ1) is 12.3. The summed E-state index contributed by atoms with van der Waals surface area (Å²) in [4.78, 5) is 4.48. The highest BCUT2D eigenvalue weighted by Gasteiger charge is 2.23. The molecule has 0 unspecified atom stereocenters. The molecule has 0 amide bonds. The van der Waals surface area contributed by atoms with Gasteiger partial charge in [0.15, 0.2) is 5.82 Å². The zero-order chi connectivity index (χ0) is 14.1. The van der Waals surface area contributed by atoms with E-state index in [0.29, 0.717) is 12.5 Å². The molecular formula is C15H14N4O2. The van der Waals surface area contributed by atoms with Gasteiger partial charge in [0.1, 0.15) is 0 Å². The van der Waals surface area contributed by atoms with Crippen molar-refractivity contribution in [2.24, 2.45) is 0 Å². The average Bonchev–Trinajstić information content (AvgIpc) is 3.27. The van der Waals surface area contributed by atoms with Crippen molar-refractivity contribution in [3.8, 4) is 22.7 Å². The molecule has 1 saturated heterocycles. The number of benzene rings is 1. The maximum Gasteiger partial charge on any atom is 0.257 e. The minimum atomic E-state index is 0.256. The van der Waals surface area contributed by atoms with E-state index in [1.54, 1.807) is 6.20 Å². The summed E-state index contributed by atoms with van der Waals surface area (Å²) in [5.74, 6) is 1.54. The molecule has 1 atom stereocenters. The molecule has 1 N–H and O–H groups in total. The van der Waals surface area contributed by atoms with E-state index in [-0.39, 0.29) is 5.92 Å². The first-order valence-corrected chi connectivity index (χ1v) is 6.92. The quantitative estimate of drug-likeness (QED) is 0.799. The summed E-state index contributed by atoms with van der Waals surface area (Å²) in [7, 11) is 0. The van der Waals surface area contributed by atoms with Gasteiger partial charge in [0.05, 0.1) is 12.3 Å². The summed E-state index contributed by atoms with van der Waals surface area (Å²) in [6, 6.07) is 9.88. The lowest BCUT2D eigenvalue weighted by Crippen LogP contribution is -1.99. The van der Waals surface area contributed by atoms with Crippen molar-refractivity contribution in [3.05, 3.63) is 42.4 Å². The minimum absolute atomic E-state index is 0.256. The van der Waals surface area contributed by atoms with Gasteiger partial charge in [0, 0.05) is 24.3 Å². The number of nitrogens with one attached hydrogen (secondary N) is 1.